The SMILES string of the molecule is CCc1cc(C(=O)O)c(NC(=O)c2ccc(S(=O)(=O)N(C)C)cc2)s1. The number of carboxylic acid groups (broad SMARTS) is 1. The number of sulfonamides is 1. The molecule has 0 unspecified atom stereocenters. The highest BCUT2D eigenvalue weighted by atomic mass is 32.2. The van der Waals surface area contributed by atoms with Gasteiger partial charge in [-0.3, -0.25) is 4.79 Å². The number of rotatable bonds is 6. The third kappa shape index (κ3) is 4.06. The van der Waals surface area contributed by atoms with E-state index in [0.29, 0.717) is 6.42 Å². The number of hydrogen-bond donors (Lipinski definition) is 2. The van der Waals surface area contributed by atoms with Crippen LogP contribution in [0, 0.1) is 0 Å². The number of aromatic carboxylic acids is 1. The van der Waals surface area contributed by atoms with Gasteiger partial charge in [0.1, 0.15) is 5.00 Å². The van der Waals surface area contributed by atoms with Crippen molar-refractivity contribution in [3.05, 3.63) is 46.3 Å². The molecule has 0 aliphatic carbocycles. The van der Waals surface area contributed by atoms with Crippen molar-refractivity contribution in [1.82, 2.24) is 4.31 Å². The van der Waals surface area contributed by atoms with Crippen molar-refractivity contribution < 1.29 is 23.1 Å². The highest BCUT2D eigenvalue weighted by Crippen LogP contribution is 2.29. The van der Waals surface area contributed by atoms with Gasteiger partial charge in [0.25, 0.3) is 5.91 Å². The summed E-state index contributed by atoms with van der Waals surface area (Å²) in [5.41, 5.74) is 0.280. The minimum atomic E-state index is -3.57. The fourth-order valence-electron chi connectivity index (χ4n) is 2.03. The lowest BCUT2D eigenvalue weighted by Crippen LogP contribution is -2.22. The number of benzene rings is 1. The quantitative estimate of drug-likeness (QED) is 0.799. The zero-order valence-corrected chi connectivity index (χ0v) is 15.6. The Morgan fingerprint density at radius 2 is 1.80 bits per heavy atom. The van der Waals surface area contributed by atoms with E-state index in [-0.39, 0.29) is 21.0 Å². The second-order valence-electron chi connectivity index (χ2n) is 5.38. The molecule has 1 aromatic carbocycles. The van der Waals surface area contributed by atoms with Crippen LogP contribution >= 0.6 is 11.3 Å². The molecule has 2 rings (SSSR count). The Labute approximate surface area is 150 Å². The maximum absolute atomic E-state index is 12.3. The molecule has 0 aliphatic heterocycles. The number of nitrogens with zero attached hydrogens (tertiary/aromatic N) is 1. The number of aryl methyl sites for hydroxylation is 1. The summed E-state index contributed by atoms with van der Waals surface area (Å²) in [6.07, 6.45) is 0.665. The number of amides is 1. The molecule has 134 valence electrons. The zero-order chi connectivity index (χ0) is 18.8. The molecule has 1 amide bonds. The average Bonchev–Trinajstić information content (AvgIpc) is 2.98. The van der Waals surface area contributed by atoms with Gasteiger partial charge in [-0.2, -0.15) is 0 Å². The van der Waals surface area contributed by atoms with Crippen molar-refractivity contribution in [3.8, 4) is 0 Å². The van der Waals surface area contributed by atoms with Gasteiger partial charge in [0.05, 0.1) is 10.5 Å². The fourth-order valence-corrected chi connectivity index (χ4v) is 3.92. The van der Waals surface area contributed by atoms with Gasteiger partial charge in [0.15, 0.2) is 0 Å². The summed E-state index contributed by atoms with van der Waals surface area (Å²) in [5, 5.41) is 12.1. The van der Waals surface area contributed by atoms with E-state index in [1.807, 2.05) is 6.92 Å². The Bertz CT molecular complexity index is 899. The van der Waals surface area contributed by atoms with Crippen LogP contribution in [-0.4, -0.2) is 43.8 Å². The van der Waals surface area contributed by atoms with E-state index < -0.39 is 21.9 Å². The molecule has 0 atom stereocenters. The highest BCUT2D eigenvalue weighted by Gasteiger charge is 2.19. The van der Waals surface area contributed by atoms with Crippen LogP contribution < -0.4 is 5.32 Å². The van der Waals surface area contributed by atoms with Crippen LogP contribution in [0.3, 0.4) is 0 Å². The van der Waals surface area contributed by atoms with Gasteiger partial charge in [0.2, 0.25) is 10.0 Å². The van der Waals surface area contributed by atoms with Crippen molar-refractivity contribution >= 4 is 38.2 Å². The van der Waals surface area contributed by atoms with Crippen LogP contribution in [0.5, 0.6) is 0 Å². The van der Waals surface area contributed by atoms with Crippen LogP contribution in [0.4, 0.5) is 5.00 Å². The van der Waals surface area contributed by atoms with Crippen LogP contribution in [0.1, 0.15) is 32.5 Å². The molecule has 2 N–H and O–H groups in total. The molecule has 1 heterocycles. The molecular weight excluding hydrogens is 364 g/mol. The van der Waals surface area contributed by atoms with Gasteiger partial charge in [0, 0.05) is 24.5 Å². The maximum atomic E-state index is 12.3. The molecular formula is C16H18N2O5S2. The fraction of sp³-hybridized carbons (Fsp3) is 0.250. The lowest BCUT2D eigenvalue weighted by Gasteiger charge is -2.11. The van der Waals surface area contributed by atoms with Crippen LogP contribution in [0.2, 0.25) is 0 Å². The van der Waals surface area contributed by atoms with Crippen molar-refractivity contribution in [2.24, 2.45) is 0 Å². The predicted octanol–water partition coefficient (Wildman–Crippen LogP) is 2.51. The van der Waals surface area contributed by atoms with Gasteiger partial charge in [-0.05, 0) is 36.8 Å². The summed E-state index contributed by atoms with van der Waals surface area (Å²) in [5.74, 6) is -1.61. The number of carbonyl (C=O) groups excluding carboxylic acids is 1. The molecule has 0 radical (unpaired) electrons. The number of carboxylic acids is 1. The van der Waals surface area contributed by atoms with Crippen molar-refractivity contribution in [3.63, 3.8) is 0 Å². The Morgan fingerprint density at radius 1 is 1.20 bits per heavy atom. The lowest BCUT2D eigenvalue weighted by molar-refractivity contribution is 0.0698. The van der Waals surface area contributed by atoms with Gasteiger partial charge in [-0.1, -0.05) is 6.92 Å². The van der Waals surface area contributed by atoms with E-state index in [4.69, 9.17) is 0 Å². The first kappa shape index (κ1) is 19.1. The molecule has 0 spiro atoms. The smallest absolute Gasteiger partial charge is 0.338 e. The number of thiophene rings is 1. The molecule has 7 nitrogen and oxygen atoms in total. The van der Waals surface area contributed by atoms with Gasteiger partial charge >= 0.3 is 5.97 Å². The summed E-state index contributed by atoms with van der Waals surface area (Å²) >= 11 is 1.21. The molecule has 0 fully saturated rings. The number of carbonyl (C=O) groups is 2. The highest BCUT2D eigenvalue weighted by molar-refractivity contribution is 7.89. The Kier molecular flexibility index (Phi) is 5.61. The molecule has 9 heteroatoms. The normalized spacial score (nSPS) is 11.5. The monoisotopic (exact) mass is 382 g/mol. The molecule has 0 saturated heterocycles. The predicted molar refractivity (Wildman–Crippen MR) is 95.9 cm³/mol. The van der Waals surface area contributed by atoms with Crippen molar-refractivity contribution in [2.45, 2.75) is 18.2 Å². The molecule has 25 heavy (non-hydrogen) atoms. The van der Waals surface area contributed by atoms with E-state index in [2.05, 4.69) is 5.32 Å². The van der Waals surface area contributed by atoms with Crippen LogP contribution in [-0.2, 0) is 16.4 Å². The summed E-state index contributed by atoms with van der Waals surface area (Å²) in [7, 11) is -0.726. The Hall–Kier alpha value is -2.23. The largest absolute Gasteiger partial charge is 0.478 e. The van der Waals surface area contributed by atoms with E-state index >= 15 is 0 Å². The maximum Gasteiger partial charge on any atom is 0.338 e. The molecule has 0 saturated carbocycles. The minimum Gasteiger partial charge on any atom is -0.478 e. The first-order valence-corrected chi connectivity index (χ1v) is 9.62. The Morgan fingerprint density at radius 3 is 2.28 bits per heavy atom. The second-order valence-corrected chi connectivity index (χ2v) is 8.67. The van der Waals surface area contributed by atoms with E-state index in [0.717, 1.165) is 9.18 Å². The first-order valence-electron chi connectivity index (χ1n) is 7.36. The second kappa shape index (κ2) is 7.34. The van der Waals surface area contributed by atoms with E-state index in [1.165, 1.54) is 55.8 Å². The molecule has 2 aromatic rings. The average molecular weight is 382 g/mol. The van der Waals surface area contributed by atoms with Crippen molar-refractivity contribution in [1.29, 1.82) is 0 Å². The van der Waals surface area contributed by atoms with Crippen LogP contribution in [0.25, 0.3) is 0 Å². The van der Waals surface area contributed by atoms with Gasteiger partial charge in [-0.15, -0.1) is 11.3 Å². The summed E-state index contributed by atoms with van der Waals surface area (Å²) in [6.45, 7) is 1.90. The summed E-state index contributed by atoms with van der Waals surface area (Å²) in [6, 6.07) is 7.00. The van der Waals surface area contributed by atoms with E-state index in [9.17, 15) is 23.1 Å². The number of hydrogen-bond acceptors (Lipinski definition) is 5. The lowest BCUT2D eigenvalue weighted by atomic mass is 10.2. The van der Waals surface area contributed by atoms with Crippen molar-refractivity contribution in [2.75, 3.05) is 19.4 Å². The number of nitrogens with one attached hydrogen (secondary N) is 1. The van der Waals surface area contributed by atoms with E-state index in [1.54, 1.807) is 0 Å². The number of anilines is 1. The molecule has 0 bridgehead atoms. The Balaban J connectivity index is 2.25. The third-order valence-corrected chi connectivity index (χ3v) is 6.51. The third-order valence-electron chi connectivity index (χ3n) is 3.48. The summed E-state index contributed by atoms with van der Waals surface area (Å²) < 4.78 is 25.1. The topological polar surface area (TPSA) is 104 Å². The van der Waals surface area contributed by atoms with Gasteiger partial charge in [-0.25, -0.2) is 17.5 Å². The summed E-state index contributed by atoms with van der Waals surface area (Å²) in [4.78, 5) is 24.5. The molecule has 0 aliphatic rings. The van der Waals surface area contributed by atoms with Crippen LogP contribution in [0.15, 0.2) is 35.2 Å². The zero-order valence-electron chi connectivity index (χ0n) is 13.9. The minimum absolute atomic E-state index is 0.0435. The molecule has 1 aromatic heterocycles. The standard InChI is InChI=1S/C16H18N2O5S2/c1-4-11-9-13(16(20)21)15(24-11)17-14(19)10-5-7-12(8-6-10)25(22,23)18(2)3/h5-9H,4H2,1-3H3,(H,17,19)(H,20,21). The first-order chi connectivity index (χ1) is 11.7. The van der Waals surface area contributed by atoms with Gasteiger partial charge < -0.3 is 10.4 Å².